The van der Waals surface area contributed by atoms with Gasteiger partial charge < -0.3 is 14.2 Å². The number of rotatable bonds is 6. The third-order valence-corrected chi connectivity index (χ3v) is 2.94. The van der Waals surface area contributed by atoms with Crippen LogP contribution in [0.1, 0.15) is 13.8 Å². The molecular weight excluding hydrogens is 390 g/mol. The van der Waals surface area contributed by atoms with Crippen LogP contribution in [0.3, 0.4) is 0 Å². The fraction of sp³-hybridized carbons (Fsp3) is 0.833. The molecule has 0 spiro atoms. The van der Waals surface area contributed by atoms with Gasteiger partial charge in [-0.2, -0.15) is 0 Å². The molecule has 0 rings (SSSR count). The third kappa shape index (κ3) is 7.60. The van der Waals surface area contributed by atoms with Gasteiger partial charge in [-0.05, 0) is 13.8 Å². The maximum absolute atomic E-state index is 11.4. The van der Waals surface area contributed by atoms with E-state index in [0.29, 0.717) is 0 Å². The number of hydrogen-bond acceptors (Lipinski definition) is 4. The van der Waals surface area contributed by atoms with Crippen molar-refractivity contribution in [2.75, 3.05) is 19.4 Å². The Kier molecular flexibility index (Phi) is 9.72. The summed E-state index contributed by atoms with van der Waals surface area (Å²) in [6.07, 6.45) is -0.575. The Morgan fingerprint density at radius 2 is 1.69 bits per heavy atom. The van der Waals surface area contributed by atoms with Crippen molar-refractivity contribution in [3.8, 4) is 0 Å². The predicted octanol–water partition coefficient (Wildman–Crippen LogP) is 0.421. The molecular formula is C6H15O5PPb. The van der Waals surface area contributed by atoms with Crippen molar-refractivity contribution in [1.82, 2.24) is 0 Å². The molecule has 2 radical (unpaired) electrons. The van der Waals surface area contributed by atoms with E-state index in [1.807, 2.05) is 0 Å². The Labute approximate surface area is 97.5 Å². The standard InChI is InChI=1S/C6H13O5P.Pb.2H/c1-3-10-12(9,11-4-2)5-6(7)8;;;/h3-5H2,1-2H3,(H,7,8);;;. The van der Waals surface area contributed by atoms with Gasteiger partial charge in [0.15, 0.2) is 0 Å². The average Bonchev–Trinajstić information content (AvgIpc) is 1.85. The zero-order valence-electron chi connectivity index (χ0n) is 7.86. The first-order chi connectivity index (χ1) is 5.54. The third-order valence-electron chi connectivity index (χ3n) is 0.981. The Hall–Kier alpha value is 0.542. The Morgan fingerprint density at radius 1 is 1.31 bits per heavy atom. The molecule has 0 saturated heterocycles. The molecule has 0 amide bonds. The van der Waals surface area contributed by atoms with Gasteiger partial charge in [-0.1, -0.05) is 0 Å². The van der Waals surface area contributed by atoms with E-state index < -0.39 is 19.7 Å². The Bertz CT molecular complexity index is 185. The second-order valence-corrected chi connectivity index (χ2v) is 4.05. The van der Waals surface area contributed by atoms with Gasteiger partial charge in [0.2, 0.25) is 0 Å². The van der Waals surface area contributed by atoms with E-state index in [-0.39, 0.29) is 40.5 Å². The monoisotopic (exact) mass is 406 g/mol. The summed E-state index contributed by atoms with van der Waals surface area (Å²) < 4.78 is 20.9. The summed E-state index contributed by atoms with van der Waals surface area (Å²) in [5, 5.41) is 8.37. The summed E-state index contributed by atoms with van der Waals surface area (Å²) in [4.78, 5) is 10.2. The summed E-state index contributed by atoms with van der Waals surface area (Å²) >= 11 is 0. The van der Waals surface area contributed by atoms with Crippen LogP contribution in [0.2, 0.25) is 0 Å². The van der Waals surface area contributed by atoms with E-state index >= 15 is 0 Å². The molecule has 7 heteroatoms. The first-order valence-electron chi connectivity index (χ1n) is 3.64. The van der Waals surface area contributed by atoms with Gasteiger partial charge in [-0.15, -0.1) is 0 Å². The fourth-order valence-corrected chi connectivity index (χ4v) is 2.06. The van der Waals surface area contributed by atoms with Gasteiger partial charge in [-0.25, -0.2) is 0 Å². The summed E-state index contributed by atoms with van der Waals surface area (Å²) in [6.45, 7) is 3.64. The van der Waals surface area contributed by atoms with E-state index in [1.54, 1.807) is 13.8 Å². The molecule has 0 aliphatic rings. The predicted molar refractivity (Wildman–Crippen MR) is 51.9 cm³/mol. The Morgan fingerprint density at radius 3 is 1.92 bits per heavy atom. The molecule has 0 unspecified atom stereocenters. The summed E-state index contributed by atoms with van der Waals surface area (Å²) in [5.41, 5.74) is 0. The van der Waals surface area contributed by atoms with Gasteiger partial charge >= 0.3 is 40.9 Å². The second-order valence-electron chi connectivity index (χ2n) is 2.00. The van der Waals surface area contributed by atoms with Crippen molar-refractivity contribution in [2.24, 2.45) is 0 Å². The number of aliphatic carboxylic acids is 1. The minimum atomic E-state index is -3.38. The van der Waals surface area contributed by atoms with E-state index in [4.69, 9.17) is 14.2 Å². The van der Waals surface area contributed by atoms with Crippen LogP contribution >= 0.6 is 7.60 Å². The first kappa shape index (κ1) is 16.0. The number of hydrogen-bond donors (Lipinski definition) is 1. The molecule has 78 valence electrons. The number of carbonyl (C=O) groups is 1. The van der Waals surface area contributed by atoms with Crippen molar-refractivity contribution >= 4 is 40.9 Å². The van der Waals surface area contributed by atoms with Crippen LogP contribution in [0.5, 0.6) is 0 Å². The van der Waals surface area contributed by atoms with Crippen LogP contribution in [-0.4, -0.2) is 57.8 Å². The van der Waals surface area contributed by atoms with Gasteiger partial charge in [0, 0.05) is 0 Å². The summed E-state index contributed by atoms with van der Waals surface area (Å²) in [5.74, 6) is -1.18. The van der Waals surface area contributed by atoms with Crippen molar-refractivity contribution in [2.45, 2.75) is 13.8 Å². The normalized spacial score (nSPS) is 10.6. The zero-order chi connectivity index (χ0) is 9.61. The average molecular weight is 405 g/mol. The van der Waals surface area contributed by atoms with Crippen molar-refractivity contribution in [3.63, 3.8) is 0 Å². The van der Waals surface area contributed by atoms with Crippen LogP contribution in [0.15, 0.2) is 0 Å². The van der Waals surface area contributed by atoms with Gasteiger partial charge in [0.05, 0.1) is 13.2 Å². The van der Waals surface area contributed by atoms with Gasteiger partial charge in [0.1, 0.15) is 6.16 Å². The quantitative estimate of drug-likeness (QED) is 0.512. The maximum atomic E-state index is 11.4. The molecule has 5 nitrogen and oxygen atoms in total. The molecule has 0 bridgehead atoms. The molecule has 0 aromatic carbocycles. The molecule has 13 heavy (non-hydrogen) atoms. The van der Waals surface area contributed by atoms with Crippen LogP contribution in [0.25, 0.3) is 0 Å². The van der Waals surface area contributed by atoms with E-state index in [9.17, 15) is 9.36 Å². The first-order valence-corrected chi connectivity index (χ1v) is 5.36. The molecule has 0 aromatic heterocycles. The summed E-state index contributed by atoms with van der Waals surface area (Å²) in [7, 11) is -3.38. The van der Waals surface area contributed by atoms with Crippen LogP contribution in [0, 0.1) is 0 Å². The Balaban J connectivity index is 0. The van der Waals surface area contributed by atoms with E-state index in [0.717, 1.165) is 0 Å². The SMILES string of the molecule is CCOP(=O)(CC(=O)O)OCC.[PbH2]. The minimum absolute atomic E-state index is 0. The van der Waals surface area contributed by atoms with Gasteiger partial charge in [0.25, 0.3) is 0 Å². The zero-order valence-corrected chi connectivity index (χ0v) is 14.2. The molecule has 0 atom stereocenters. The molecule has 0 aromatic rings. The van der Waals surface area contributed by atoms with E-state index in [2.05, 4.69) is 0 Å². The van der Waals surface area contributed by atoms with Crippen LogP contribution in [-0.2, 0) is 18.4 Å². The van der Waals surface area contributed by atoms with Crippen molar-refractivity contribution in [3.05, 3.63) is 0 Å². The molecule has 0 saturated carbocycles. The summed E-state index contributed by atoms with van der Waals surface area (Å²) in [6, 6.07) is 0. The van der Waals surface area contributed by atoms with Crippen LogP contribution in [0.4, 0.5) is 0 Å². The van der Waals surface area contributed by atoms with Crippen LogP contribution < -0.4 is 0 Å². The second kappa shape index (κ2) is 7.90. The van der Waals surface area contributed by atoms with Crippen molar-refractivity contribution < 1.29 is 23.5 Å². The molecule has 0 fully saturated rings. The number of carboxylic acid groups (broad SMARTS) is 1. The topological polar surface area (TPSA) is 72.8 Å². The molecule has 0 aliphatic carbocycles. The van der Waals surface area contributed by atoms with E-state index in [1.165, 1.54) is 0 Å². The van der Waals surface area contributed by atoms with Crippen molar-refractivity contribution in [1.29, 1.82) is 0 Å². The molecule has 0 aliphatic heterocycles. The van der Waals surface area contributed by atoms with Gasteiger partial charge in [-0.3, -0.25) is 9.36 Å². The fourth-order valence-electron chi connectivity index (χ4n) is 0.688. The molecule has 1 N–H and O–H groups in total. The molecule has 0 heterocycles. The number of carboxylic acids is 1.